The van der Waals surface area contributed by atoms with Crippen LogP contribution in [0.5, 0.6) is 0 Å². The minimum atomic E-state index is -3.82. The van der Waals surface area contributed by atoms with Crippen molar-refractivity contribution in [1.29, 1.82) is 0 Å². The van der Waals surface area contributed by atoms with Gasteiger partial charge in [0.25, 0.3) is 5.91 Å². The van der Waals surface area contributed by atoms with Gasteiger partial charge >= 0.3 is 7.12 Å². The summed E-state index contributed by atoms with van der Waals surface area (Å²) < 4.78 is 75.3. The molecule has 2 heterocycles. The Labute approximate surface area is 268 Å². The average molecular weight is 651 g/mol. The van der Waals surface area contributed by atoms with Crippen molar-refractivity contribution in [2.45, 2.75) is 64.1 Å². The molecule has 0 atom stereocenters. The molecule has 0 unspecified atom stereocenters. The highest BCUT2D eigenvalue weighted by Gasteiger charge is 2.51. The normalized spacial score (nSPS) is 17.4. The second-order valence-electron chi connectivity index (χ2n) is 13.1. The van der Waals surface area contributed by atoms with Crippen molar-refractivity contribution in [3.05, 3.63) is 82.9 Å². The van der Waals surface area contributed by atoms with Crippen molar-refractivity contribution in [3.8, 4) is 11.3 Å². The molecule has 12 heteroatoms. The van der Waals surface area contributed by atoms with E-state index < -0.39 is 40.0 Å². The lowest BCUT2D eigenvalue weighted by Gasteiger charge is -2.32. The summed E-state index contributed by atoms with van der Waals surface area (Å²) in [6, 6.07) is 13.8. The Balaban J connectivity index is 1.36. The fraction of sp³-hybridized carbons (Fsp3) is 0.382. The van der Waals surface area contributed by atoms with Crippen LogP contribution in [0.15, 0.2) is 59.0 Å². The number of hydrogen-bond donors (Lipinski definition) is 1. The lowest BCUT2D eigenvalue weighted by Crippen LogP contribution is -2.41. The van der Waals surface area contributed by atoms with Crippen molar-refractivity contribution < 1.29 is 35.7 Å². The molecule has 0 spiro atoms. The summed E-state index contributed by atoms with van der Waals surface area (Å²) in [7, 11) is -3.03. The molecule has 242 valence electrons. The number of rotatable bonds is 9. The first kappa shape index (κ1) is 32.2. The summed E-state index contributed by atoms with van der Waals surface area (Å²) >= 11 is 0. The smallest absolute Gasteiger partial charge is 0.455 e. The molecule has 6 rings (SSSR count). The summed E-state index contributed by atoms with van der Waals surface area (Å²) in [5, 5.41) is 3.18. The lowest BCUT2D eigenvalue weighted by molar-refractivity contribution is 0.00578. The van der Waals surface area contributed by atoms with Gasteiger partial charge in [0, 0.05) is 30.6 Å². The van der Waals surface area contributed by atoms with E-state index in [0.717, 1.165) is 24.7 Å². The van der Waals surface area contributed by atoms with Crippen LogP contribution < -0.4 is 15.1 Å². The van der Waals surface area contributed by atoms with E-state index in [1.807, 2.05) is 33.8 Å². The van der Waals surface area contributed by atoms with E-state index in [-0.39, 0.29) is 36.1 Å². The molecule has 4 aromatic rings. The molecule has 1 N–H and O–H groups in total. The molecule has 0 bridgehead atoms. The van der Waals surface area contributed by atoms with Crippen LogP contribution >= 0.6 is 0 Å². The van der Waals surface area contributed by atoms with E-state index in [2.05, 4.69) is 5.32 Å². The first-order valence-electron chi connectivity index (χ1n) is 15.3. The molecule has 8 nitrogen and oxygen atoms in total. The molecule has 1 aromatic heterocycles. The Kier molecular flexibility index (Phi) is 8.06. The van der Waals surface area contributed by atoms with Crippen molar-refractivity contribution in [1.82, 2.24) is 5.32 Å². The van der Waals surface area contributed by atoms with E-state index in [0.29, 0.717) is 33.2 Å². The number of furan rings is 1. The number of hydrogen-bond acceptors (Lipinski definition) is 6. The Morgan fingerprint density at radius 1 is 1.00 bits per heavy atom. The van der Waals surface area contributed by atoms with Crippen LogP contribution in [-0.2, 0) is 25.8 Å². The first-order valence-corrected chi connectivity index (χ1v) is 17.1. The Morgan fingerprint density at radius 3 is 2.22 bits per heavy atom. The SMILES string of the molecule is CNC(=O)c1c(-c2ccc(F)cc2)oc2cc(N(CCc3ccc(B4OC(C)(C)C(C)(C)O4)cc3F)S(C)(=O)=O)c(C3CC3)cc12. The van der Waals surface area contributed by atoms with E-state index >= 15 is 4.39 Å². The second-order valence-corrected chi connectivity index (χ2v) is 15.0. The molecule has 1 aliphatic heterocycles. The van der Waals surface area contributed by atoms with Crippen molar-refractivity contribution in [3.63, 3.8) is 0 Å². The number of fused-ring (bicyclic) bond motifs is 1. The van der Waals surface area contributed by atoms with Gasteiger partial charge in [-0.1, -0.05) is 12.1 Å². The van der Waals surface area contributed by atoms with Crippen LogP contribution in [0.25, 0.3) is 22.3 Å². The quantitative estimate of drug-likeness (QED) is 0.226. The van der Waals surface area contributed by atoms with Crippen LogP contribution in [0, 0.1) is 11.6 Å². The number of nitrogens with one attached hydrogen (secondary N) is 1. The van der Waals surface area contributed by atoms with Gasteiger partial charge in [0.15, 0.2) is 0 Å². The number of carbonyl (C=O) groups is 1. The van der Waals surface area contributed by atoms with E-state index in [4.69, 9.17) is 13.7 Å². The number of benzene rings is 3. The van der Waals surface area contributed by atoms with Crippen LogP contribution in [-0.4, -0.2) is 52.5 Å². The molecule has 0 radical (unpaired) electrons. The van der Waals surface area contributed by atoms with E-state index in [1.165, 1.54) is 41.7 Å². The molecule has 3 aromatic carbocycles. The number of sulfonamides is 1. The molecule has 2 aliphatic rings. The van der Waals surface area contributed by atoms with Crippen LogP contribution in [0.3, 0.4) is 0 Å². The fourth-order valence-corrected chi connectivity index (χ4v) is 6.76. The minimum absolute atomic E-state index is 0.0232. The summed E-state index contributed by atoms with van der Waals surface area (Å²) in [6.07, 6.45) is 2.95. The zero-order valence-corrected chi connectivity index (χ0v) is 27.6. The van der Waals surface area contributed by atoms with Gasteiger partial charge in [0.2, 0.25) is 10.0 Å². The highest BCUT2D eigenvalue weighted by molar-refractivity contribution is 7.92. The van der Waals surface area contributed by atoms with Gasteiger partial charge in [-0.15, -0.1) is 0 Å². The molecular formula is C34H37BF2N2O6S. The third-order valence-electron chi connectivity index (χ3n) is 9.27. The van der Waals surface area contributed by atoms with Crippen LogP contribution in [0.4, 0.5) is 14.5 Å². The number of amides is 1. The monoisotopic (exact) mass is 650 g/mol. The zero-order valence-electron chi connectivity index (χ0n) is 26.7. The highest BCUT2D eigenvalue weighted by Crippen LogP contribution is 2.48. The number of anilines is 1. The molecular weight excluding hydrogens is 613 g/mol. The van der Waals surface area contributed by atoms with Gasteiger partial charge in [0.05, 0.1) is 28.7 Å². The Bertz CT molecular complexity index is 1920. The van der Waals surface area contributed by atoms with Crippen LogP contribution in [0.2, 0.25) is 0 Å². The number of nitrogens with zero attached hydrogens (tertiary/aromatic N) is 1. The summed E-state index contributed by atoms with van der Waals surface area (Å²) in [4.78, 5) is 13.1. The van der Waals surface area contributed by atoms with Gasteiger partial charge in [-0.3, -0.25) is 9.10 Å². The summed E-state index contributed by atoms with van der Waals surface area (Å²) in [6.45, 7) is 7.68. The van der Waals surface area contributed by atoms with Crippen LogP contribution in [0.1, 0.15) is 67.9 Å². The van der Waals surface area contributed by atoms with Gasteiger partial charge in [-0.2, -0.15) is 0 Å². The summed E-state index contributed by atoms with van der Waals surface area (Å²) in [5.74, 6) is -0.942. The number of halogens is 2. The molecule has 1 saturated heterocycles. The van der Waals surface area contributed by atoms with Crippen molar-refractivity contribution in [2.24, 2.45) is 0 Å². The second kappa shape index (κ2) is 11.5. The molecule has 1 amide bonds. The molecule has 2 fully saturated rings. The third kappa shape index (κ3) is 5.94. The molecule has 46 heavy (non-hydrogen) atoms. The Hall–Kier alpha value is -3.74. The van der Waals surface area contributed by atoms with E-state index in [1.54, 1.807) is 18.2 Å². The zero-order chi connectivity index (χ0) is 33.2. The third-order valence-corrected chi connectivity index (χ3v) is 10.5. The predicted octanol–water partition coefficient (Wildman–Crippen LogP) is 5.92. The maximum atomic E-state index is 15.5. The minimum Gasteiger partial charge on any atom is -0.455 e. The van der Waals surface area contributed by atoms with Gasteiger partial charge in [0.1, 0.15) is 23.0 Å². The van der Waals surface area contributed by atoms with Crippen molar-refractivity contribution in [2.75, 3.05) is 24.2 Å². The largest absolute Gasteiger partial charge is 0.494 e. The average Bonchev–Trinajstić information content (AvgIpc) is 3.72. The predicted molar refractivity (Wildman–Crippen MR) is 175 cm³/mol. The highest BCUT2D eigenvalue weighted by atomic mass is 32.2. The fourth-order valence-electron chi connectivity index (χ4n) is 5.82. The van der Waals surface area contributed by atoms with Gasteiger partial charge < -0.3 is 19.0 Å². The Morgan fingerprint density at radius 2 is 1.65 bits per heavy atom. The van der Waals surface area contributed by atoms with Gasteiger partial charge in [-0.05, 0) is 106 Å². The van der Waals surface area contributed by atoms with Crippen molar-refractivity contribution >= 4 is 45.2 Å². The molecule has 1 saturated carbocycles. The van der Waals surface area contributed by atoms with E-state index in [9.17, 15) is 17.6 Å². The topological polar surface area (TPSA) is 98.1 Å². The first-order chi connectivity index (χ1) is 21.6. The number of carbonyl (C=O) groups excluding carboxylic acids is 1. The lowest BCUT2D eigenvalue weighted by atomic mass is 9.78. The summed E-state index contributed by atoms with van der Waals surface area (Å²) in [5.41, 5.74) is 2.04. The molecule has 1 aliphatic carbocycles. The standard InChI is InChI=1S/C34H37BF2N2O6S/c1-33(2)34(3,4)45-35(44-33)23-12-9-21(27(37)17-23)15-16-39(46(6,41)42)28-19-29-26(18-25(28)20-7-8-20)30(32(40)38-5)31(43-29)22-10-13-24(36)14-11-22/h9-14,17-20H,7-8,15-16H2,1-6H3,(H,38,40). The maximum Gasteiger partial charge on any atom is 0.494 e. The van der Waals surface area contributed by atoms with Gasteiger partial charge in [-0.25, -0.2) is 17.2 Å². The maximum absolute atomic E-state index is 15.5.